The molecule has 198 valence electrons. The lowest BCUT2D eigenvalue weighted by Gasteiger charge is -2.12. The molecule has 0 radical (unpaired) electrons. The number of hydrogen-bond acceptors (Lipinski definition) is 7. The fourth-order valence-electron chi connectivity index (χ4n) is 4.64. The zero-order valence-corrected chi connectivity index (χ0v) is 22.6. The quantitative estimate of drug-likeness (QED) is 0.217. The number of aryl methyl sites for hydroxylation is 1. The predicted molar refractivity (Wildman–Crippen MR) is 162 cm³/mol. The van der Waals surface area contributed by atoms with E-state index in [9.17, 15) is 5.26 Å². The molecular weight excluding hydrogens is 508 g/mol. The Hall–Kier alpha value is -5.68. The number of rotatable bonds is 7. The number of aliphatic imine (C=N–C) groups is 1. The van der Waals surface area contributed by atoms with E-state index in [4.69, 9.17) is 4.99 Å². The molecule has 1 unspecified atom stereocenters. The standard InChI is InChI=1S/C33H26N8/c1-22-13-14-35-20-29(22)26-15-27-17-31(37-28-19-36-41(21-28)23(2)18-34)39-40-33(27)30(16-26)38-32(24-9-5-3-6-10-24)25-11-7-4-8-12-25/h3-17,19-21,23H,1-2H3,(H,37,39). The highest BCUT2D eigenvalue weighted by atomic mass is 15.3. The lowest BCUT2D eigenvalue weighted by molar-refractivity contribution is 0.591. The third-order valence-corrected chi connectivity index (χ3v) is 6.80. The van der Waals surface area contributed by atoms with Crippen molar-refractivity contribution in [3.8, 4) is 17.2 Å². The van der Waals surface area contributed by atoms with E-state index in [0.29, 0.717) is 22.7 Å². The monoisotopic (exact) mass is 534 g/mol. The van der Waals surface area contributed by atoms with Crippen LogP contribution < -0.4 is 5.32 Å². The number of nitrogens with one attached hydrogen (secondary N) is 1. The van der Waals surface area contributed by atoms with Crippen molar-refractivity contribution in [1.29, 1.82) is 5.26 Å². The Balaban J connectivity index is 1.52. The number of fused-ring (bicyclic) bond motifs is 1. The van der Waals surface area contributed by atoms with Crippen molar-refractivity contribution < 1.29 is 0 Å². The van der Waals surface area contributed by atoms with Crippen molar-refractivity contribution in [1.82, 2.24) is 25.0 Å². The van der Waals surface area contributed by atoms with Crippen LogP contribution in [0, 0.1) is 18.3 Å². The summed E-state index contributed by atoms with van der Waals surface area (Å²) in [6.45, 7) is 3.86. The van der Waals surface area contributed by atoms with Gasteiger partial charge >= 0.3 is 0 Å². The molecule has 0 saturated heterocycles. The van der Waals surface area contributed by atoms with Crippen molar-refractivity contribution in [2.75, 3.05) is 5.32 Å². The highest BCUT2D eigenvalue weighted by Crippen LogP contribution is 2.34. The van der Waals surface area contributed by atoms with Crippen LogP contribution in [0.25, 0.3) is 22.0 Å². The highest BCUT2D eigenvalue weighted by Gasteiger charge is 2.14. The summed E-state index contributed by atoms with van der Waals surface area (Å²) in [5, 5.41) is 26.7. The molecule has 0 amide bonds. The van der Waals surface area contributed by atoms with Crippen molar-refractivity contribution in [3.05, 3.63) is 126 Å². The molecule has 0 spiro atoms. The average molecular weight is 535 g/mol. The van der Waals surface area contributed by atoms with Crippen molar-refractivity contribution >= 4 is 33.8 Å². The van der Waals surface area contributed by atoms with Gasteiger partial charge in [-0.2, -0.15) is 10.4 Å². The predicted octanol–water partition coefficient (Wildman–Crippen LogP) is 7.19. The van der Waals surface area contributed by atoms with E-state index in [2.05, 4.69) is 68.9 Å². The Morgan fingerprint density at radius 3 is 2.34 bits per heavy atom. The molecule has 1 N–H and O–H groups in total. The summed E-state index contributed by atoms with van der Waals surface area (Å²) in [4.78, 5) is 9.59. The van der Waals surface area contributed by atoms with Gasteiger partial charge in [0.05, 0.1) is 29.4 Å². The normalized spacial score (nSPS) is 11.5. The molecule has 3 heterocycles. The molecule has 0 aliphatic carbocycles. The first kappa shape index (κ1) is 25.6. The molecule has 8 heteroatoms. The number of anilines is 2. The van der Waals surface area contributed by atoms with E-state index in [-0.39, 0.29) is 6.04 Å². The maximum absolute atomic E-state index is 9.21. The first-order valence-corrected chi connectivity index (χ1v) is 13.2. The molecule has 8 nitrogen and oxygen atoms in total. The topological polar surface area (TPSA) is 105 Å². The lowest BCUT2D eigenvalue weighted by atomic mass is 9.99. The minimum Gasteiger partial charge on any atom is -0.336 e. The van der Waals surface area contributed by atoms with Crippen LogP contribution >= 0.6 is 0 Å². The van der Waals surface area contributed by atoms with E-state index in [1.807, 2.05) is 60.8 Å². The molecule has 6 aromatic rings. The zero-order chi connectivity index (χ0) is 28.2. The fourth-order valence-corrected chi connectivity index (χ4v) is 4.64. The molecule has 41 heavy (non-hydrogen) atoms. The van der Waals surface area contributed by atoms with Crippen molar-refractivity contribution in [3.63, 3.8) is 0 Å². The first-order valence-electron chi connectivity index (χ1n) is 13.2. The number of hydrogen-bond donors (Lipinski definition) is 1. The van der Waals surface area contributed by atoms with Crippen LogP contribution in [0.5, 0.6) is 0 Å². The SMILES string of the molecule is Cc1ccncc1-c1cc(N=C(c2ccccc2)c2ccccc2)c2nnc(Nc3cnn(C(C)C#N)c3)cc2c1. The van der Waals surface area contributed by atoms with E-state index >= 15 is 0 Å². The maximum Gasteiger partial charge on any atom is 0.153 e. The first-order chi connectivity index (χ1) is 20.1. The summed E-state index contributed by atoms with van der Waals surface area (Å²) in [5.41, 5.74) is 8.07. The third-order valence-electron chi connectivity index (χ3n) is 6.80. The molecule has 0 fully saturated rings. The van der Waals surface area contributed by atoms with Gasteiger partial charge in [-0.15, -0.1) is 10.2 Å². The maximum atomic E-state index is 9.21. The molecule has 6 rings (SSSR count). The highest BCUT2D eigenvalue weighted by molar-refractivity contribution is 6.15. The van der Waals surface area contributed by atoms with Crippen LogP contribution in [0.1, 0.15) is 29.7 Å². The Kier molecular flexibility index (Phi) is 6.99. The van der Waals surface area contributed by atoms with Gasteiger partial charge < -0.3 is 5.32 Å². The van der Waals surface area contributed by atoms with E-state index in [0.717, 1.165) is 38.9 Å². The van der Waals surface area contributed by atoms with Gasteiger partial charge in [-0.3, -0.25) is 9.67 Å². The third kappa shape index (κ3) is 5.42. The Labute approximate surface area is 237 Å². The minimum absolute atomic E-state index is 0.373. The van der Waals surface area contributed by atoms with Crippen LogP contribution in [0.15, 0.2) is 115 Å². The van der Waals surface area contributed by atoms with Crippen molar-refractivity contribution in [2.45, 2.75) is 19.9 Å². The van der Waals surface area contributed by atoms with Gasteiger partial charge in [0.2, 0.25) is 0 Å². The van der Waals surface area contributed by atoms with Gasteiger partial charge in [0.1, 0.15) is 11.6 Å². The van der Waals surface area contributed by atoms with Crippen LogP contribution in [0.4, 0.5) is 17.2 Å². The molecular formula is C33H26N8. The zero-order valence-electron chi connectivity index (χ0n) is 22.6. The van der Waals surface area contributed by atoms with Crippen molar-refractivity contribution in [2.24, 2.45) is 4.99 Å². The number of pyridine rings is 1. The van der Waals surface area contributed by atoms with Crippen LogP contribution in [-0.2, 0) is 0 Å². The van der Waals surface area contributed by atoms with Crippen LogP contribution in [-0.4, -0.2) is 30.7 Å². The Morgan fingerprint density at radius 1 is 0.927 bits per heavy atom. The number of nitriles is 1. The molecule has 0 saturated carbocycles. The molecule has 0 aliphatic rings. The van der Waals surface area contributed by atoms with Gasteiger partial charge in [0.25, 0.3) is 0 Å². The number of aromatic nitrogens is 5. The summed E-state index contributed by atoms with van der Waals surface area (Å²) in [7, 11) is 0. The van der Waals surface area contributed by atoms with E-state index in [1.165, 1.54) is 0 Å². The summed E-state index contributed by atoms with van der Waals surface area (Å²) in [6, 6.07) is 30.2. The van der Waals surface area contributed by atoms with Gasteiger partial charge in [0, 0.05) is 40.7 Å². The summed E-state index contributed by atoms with van der Waals surface area (Å²) >= 11 is 0. The fraction of sp³-hybridized carbons (Fsp3) is 0.0909. The molecule has 3 aromatic carbocycles. The smallest absolute Gasteiger partial charge is 0.153 e. The second kappa shape index (κ2) is 11.2. The lowest BCUT2D eigenvalue weighted by Crippen LogP contribution is -2.03. The minimum atomic E-state index is -0.373. The van der Waals surface area contributed by atoms with E-state index < -0.39 is 0 Å². The summed E-state index contributed by atoms with van der Waals surface area (Å²) in [5.74, 6) is 0.558. The van der Waals surface area contributed by atoms with Crippen LogP contribution in [0.2, 0.25) is 0 Å². The Bertz CT molecular complexity index is 1860. The summed E-state index contributed by atoms with van der Waals surface area (Å²) in [6.07, 6.45) is 7.11. The van der Waals surface area contributed by atoms with Gasteiger partial charge in [0.15, 0.2) is 5.82 Å². The molecule has 0 bridgehead atoms. The van der Waals surface area contributed by atoms with Gasteiger partial charge in [-0.25, -0.2) is 4.99 Å². The van der Waals surface area contributed by atoms with Gasteiger partial charge in [-0.05, 0) is 49.2 Å². The average Bonchev–Trinajstić information content (AvgIpc) is 3.48. The Morgan fingerprint density at radius 2 is 1.66 bits per heavy atom. The largest absolute Gasteiger partial charge is 0.336 e. The second-order valence-electron chi connectivity index (χ2n) is 9.68. The molecule has 3 aromatic heterocycles. The van der Waals surface area contributed by atoms with E-state index in [1.54, 1.807) is 30.2 Å². The second-order valence-corrected chi connectivity index (χ2v) is 9.68. The van der Waals surface area contributed by atoms with Crippen LogP contribution in [0.3, 0.4) is 0 Å². The number of benzene rings is 3. The summed E-state index contributed by atoms with van der Waals surface area (Å²) < 4.78 is 1.60. The molecule has 1 atom stereocenters. The number of nitrogens with zero attached hydrogens (tertiary/aromatic N) is 7. The molecule has 0 aliphatic heterocycles. The van der Waals surface area contributed by atoms with Gasteiger partial charge in [-0.1, -0.05) is 60.7 Å².